The van der Waals surface area contributed by atoms with Gasteiger partial charge < -0.3 is 0 Å². The van der Waals surface area contributed by atoms with Crippen molar-refractivity contribution in [2.75, 3.05) is 0 Å². The molecule has 0 nitrogen and oxygen atoms in total. The molecular formula is C52H60. The smallest absolute Gasteiger partial charge is 0.00645 e. The predicted molar refractivity (Wildman–Crippen MR) is 229 cm³/mol. The molecular weight excluding hydrogens is 625 g/mol. The Morgan fingerprint density at radius 3 is 1.13 bits per heavy atom. The van der Waals surface area contributed by atoms with Crippen LogP contribution in [0.1, 0.15) is 105 Å². The third-order valence-electron chi connectivity index (χ3n) is 13.1. The van der Waals surface area contributed by atoms with Gasteiger partial charge in [-0.2, -0.15) is 0 Å². The molecule has 6 aromatic rings. The Bertz CT molecular complexity index is 2210. The monoisotopic (exact) mass is 684 g/mol. The lowest BCUT2D eigenvalue weighted by Gasteiger charge is -2.31. The third kappa shape index (κ3) is 6.42. The van der Waals surface area contributed by atoms with Gasteiger partial charge in [0.15, 0.2) is 0 Å². The fourth-order valence-electron chi connectivity index (χ4n) is 9.61. The molecule has 268 valence electrons. The van der Waals surface area contributed by atoms with Crippen LogP contribution in [-0.4, -0.2) is 0 Å². The second kappa shape index (κ2) is 14.0. The van der Waals surface area contributed by atoms with E-state index in [1.54, 1.807) is 33.4 Å². The molecule has 0 saturated carbocycles. The summed E-state index contributed by atoms with van der Waals surface area (Å²) in [5.74, 6) is 1.65. The Morgan fingerprint density at radius 2 is 0.750 bits per heavy atom. The van der Waals surface area contributed by atoms with Crippen LogP contribution in [0.5, 0.6) is 0 Å². The molecule has 0 saturated heterocycles. The van der Waals surface area contributed by atoms with Gasteiger partial charge in [0.2, 0.25) is 0 Å². The molecule has 0 aromatic heterocycles. The van der Waals surface area contributed by atoms with Gasteiger partial charge in [-0.25, -0.2) is 0 Å². The minimum atomic E-state index is 0.825. The zero-order valence-corrected chi connectivity index (χ0v) is 34.2. The summed E-state index contributed by atoms with van der Waals surface area (Å²) in [6.07, 6.45) is 7.71. The molecule has 0 radical (unpaired) electrons. The van der Waals surface area contributed by atoms with Crippen molar-refractivity contribution in [3.8, 4) is 22.3 Å². The topological polar surface area (TPSA) is 0 Å². The van der Waals surface area contributed by atoms with Crippen molar-refractivity contribution in [3.63, 3.8) is 0 Å². The normalized spacial score (nSPS) is 16.8. The second-order valence-corrected chi connectivity index (χ2v) is 17.2. The Labute approximate surface area is 314 Å². The number of rotatable bonds is 2. The van der Waals surface area contributed by atoms with Crippen molar-refractivity contribution in [1.82, 2.24) is 0 Å². The van der Waals surface area contributed by atoms with E-state index in [2.05, 4.69) is 144 Å². The van der Waals surface area contributed by atoms with E-state index in [-0.39, 0.29) is 0 Å². The van der Waals surface area contributed by atoms with Crippen LogP contribution in [0.4, 0.5) is 0 Å². The van der Waals surface area contributed by atoms with Crippen LogP contribution in [0.25, 0.3) is 43.8 Å². The van der Waals surface area contributed by atoms with Crippen LogP contribution in [0.2, 0.25) is 0 Å². The van der Waals surface area contributed by atoms with E-state index < -0.39 is 0 Å². The maximum atomic E-state index is 2.49. The standard InChI is InChI=1S/C26H34.C26H26/c2*1-15-7-9-23-21(11-15)13-17(3)19(5)25(23)26-20(6)18(4)14-22-12-16(2)8-10-24(22)26/h13-16H,7-12H2,1-6H3;7-14H,1-6H3. The molecule has 0 fully saturated rings. The largest absolute Gasteiger partial charge is 0.0622 e. The van der Waals surface area contributed by atoms with E-state index >= 15 is 0 Å². The first-order valence-electron chi connectivity index (χ1n) is 20.0. The fraction of sp³-hybridized carbons (Fsp3) is 0.385. The van der Waals surface area contributed by atoms with Gasteiger partial charge >= 0.3 is 0 Å². The molecule has 0 N–H and O–H groups in total. The number of hydrogen-bond acceptors (Lipinski definition) is 0. The van der Waals surface area contributed by atoms with Crippen LogP contribution in [-0.2, 0) is 25.7 Å². The highest BCUT2D eigenvalue weighted by Gasteiger charge is 2.27. The van der Waals surface area contributed by atoms with E-state index in [9.17, 15) is 0 Å². The summed E-state index contributed by atoms with van der Waals surface area (Å²) < 4.78 is 0. The highest BCUT2D eigenvalue weighted by Crippen LogP contribution is 2.45. The van der Waals surface area contributed by atoms with Gasteiger partial charge in [0.1, 0.15) is 0 Å². The van der Waals surface area contributed by atoms with Crippen molar-refractivity contribution >= 4 is 21.5 Å². The maximum absolute atomic E-state index is 2.49. The first-order chi connectivity index (χ1) is 24.7. The van der Waals surface area contributed by atoms with Gasteiger partial charge in [-0.15, -0.1) is 0 Å². The molecule has 0 amide bonds. The first-order valence-corrected chi connectivity index (χ1v) is 20.0. The van der Waals surface area contributed by atoms with Crippen molar-refractivity contribution in [3.05, 3.63) is 139 Å². The summed E-state index contributed by atoms with van der Waals surface area (Å²) in [5, 5.41) is 5.39. The highest BCUT2D eigenvalue weighted by atomic mass is 14.3. The lowest BCUT2D eigenvalue weighted by molar-refractivity contribution is 0.499. The first kappa shape index (κ1) is 36.2. The van der Waals surface area contributed by atoms with Crippen LogP contribution in [0.15, 0.2) is 60.7 Å². The van der Waals surface area contributed by atoms with Gasteiger partial charge in [0.05, 0.1) is 0 Å². The fourth-order valence-corrected chi connectivity index (χ4v) is 9.61. The average Bonchev–Trinajstić information content (AvgIpc) is 3.09. The van der Waals surface area contributed by atoms with Crippen molar-refractivity contribution in [1.29, 1.82) is 0 Å². The maximum Gasteiger partial charge on any atom is -0.00645 e. The molecule has 6 aromatic carbocycles. The highest BCUT2D eigenvalue weighted by molar-refractivity contribution is 6.08. The molecule has 0 aliphatic heterocycles. The van der Waals surface area contributed by atoms with Crippen molar-refractivity contribution in [2.45, 2.75) is 122 Å². The average molecular weight is 685 g/mol. The zero-order valence-electron chi connectivity index (χ0n) is 34.2. The zero-order chi connectivity index (χ0) is 37.2. The van der Waals surface area contributed by atoms with Crippen LogP contribution in [0, 0.1) is 81.1 Å². The molecule has 52 heavy (non-hydrogen) atoms. The lowest BCUT2D eigenvalue weighted by atomic mass is 9.73. The van der Waals surface area contributed by atoms with Gasteiger partial charge in [0, 0.05) is 0 Å². The van der Waals surface area contributed by atoms with Crippen molar-refractivity contribution in [2.24, 2.45) is 11.8 Å². The molecule has 2 atom stereocenters. The molecule has 0 heteroatoms. The summed E-state index contributed by atoms with van der Waals surface area (Å²) in [6.45, 7) is 27.5. The number of benzene rings is 6. The summed E-state index contributed by atoms with van der Waals surface area (Å²) in [5.41, 5.74) is 26.7. The summed E-state index contributed by atoms with van der Waals surface area (Å²) in [4.78, 5) is 0. The summed E-state index contributed by atoms with van der Waals surface area (Å²) >= 11 is 0. The Hall–Kier alpha value is -4.16. The summed E-state index contributed by atoms with van der Waals surface area (Å²) in [6, 6.07) is 23.3. The number of fused-ring (bicyclic) bond motifs is 4. The SMILES string of the molecule is Cc1cc2c(c(-c3c(C)c(C)cc4c3CCC(C)C4)c1C)CCC(C)C2.Cc1ccc2c(-c3c(C)c(C)cc4cc(C)ccc34)c(C)c(C)cc2c1. The molecule has 0 heterocycles. The van der Waals surface area contributed by atoms with Gasteiger partial charge in [-0.1, -0.05) is 85.6 Å². The van der Waals surface area contributed by atoms with Crippen LogP contribution < -0.4 is 0 Å². The Morgan fingerprint density at radius 1 is 0.404 bits per heavy atom. The van der Waals surface area contributed by atoms with Gasteiger partial charge in [-0.3, -0.25) is 0 Å². The molecule has 2 unspecified atom stereocenters. The predicted octanol–water partition coefficient (Wildman–Crippen LogP) is 14.3. The van der Waals surface area contributed by atoms with E-state index in [1.807, 2.05) is 0 Å². The quantitative estimate of drug-likeness (QED) is 0.170. The minimum Gasteiger partial charge on any atom is -0.0622 e. The number of hydrogen-bond donors (Lipinski definition) is 0. The van der Waals surface area contributed by atoms with Crippen LogP contribution in [0.3, 0.4) is 0 Å². The van der Waals surface area contributed by atoms with E-state index in [0.717, 1.165) is 11.8 Å². The van der Waals surface area contributed by atoms with E-state index in [0.29, 0.717) is 0 Å². The summed E-state index contributed by atoms with van der Waals surface area (Å²) in [7, 11) is 0. The Kier molecular flexibility index (Phi) is 9.75. The molecule has 0 spiro atoms. The molecule has 8 rings (SSSR count). The van der Waals surface area contributed by atoms with E-state index in [4.69, 9.17) is 0 Å². The third-order valence-corrected chi connectivity index (χ3v) is 13.1. The van der Waals surface area contributed by atoms with Crippen LogP contribution >= 0.6 is 0 Å². The second-order valence-electron chi connectivity index (χ2n) is 17.2. The lowest BCUT2D eigenvalue weighted by Crippen LogP contribution is -2.17. The van der Waals surface area contributed by atoms with Gasteiger partial charge in [0.25, 0.3) is 0 Å². The Balaban J connectivity index is 0.000000162. The molecule has 2 aliphatic carbocycles. The van der Waals surface area contributed by atoms with Gasteiger partial charge in [-0.05, 0) is 230 Å². The molecule has 0 bridgehead atoms. The van der Waals surface area contributed by atoms with Crippen molar-refractivity contribution < 1.29 is 0 Å². The molecule has 2 aliphatic rings. The minimum absolute atomic E-state index is 0.825. The van der Waals surface area contributed by atoms with E-state index in [1.165, 1.54) is 127 Å². The number of aryl methyl sites for hydroxylation is 6.